The maximum atomic E-state index is 12.1. The van der Waals surface area contributed by atoms with Gasteiger partial charge in [0.05, 0.1) is 12.6 Å². The van der Waals surface area contributed by atoms with Crippen LogP contribution in [0.15, 0.2) is 4.52 Å². The Bertz CT molecular complexity index is 837. The van der Waals surface area contributed by atoms with Crippen LogP contribution in [0, 0.1) is 0 Å². The zero-order valence-electron chi connectivity index (χ0n) is 15.6. The van der Waals surface area contributed by atoms with E-state index < -0.39 is 0 Å². The molecule has 3 fully saturated rings. The first-order valence-corrected chi connectivity index (χ1v) is 9.95. The third kappa shape index (κ3) is 3.24. The predicted octanol–water partition coefficient (Wildman–Crippen LogP) is 1.69. The minimum atomic E-state index is -0.240. The highest BCUT2D eigenvalue weighted by atomic mass is 16.5. The maximum Gasteiger partial charge on any atom is 0.292 e. The number of nitrogens with zero attached hydrogens (tertiary/aromatic N) is 6. The third-order valence-corrected chi connectivity index (χ3v) is 6.02. The fourth-order valence-corrected chi connectivity index (χ4v) is 3.95. The van der Waals surface area contributed by atoms with Crippen LogP contribution in [0.3, 0.4) is 0 Å². The summed E-state index contributed by atoms with van der Waals surface area (Å²) in [5.41, 5.74) is 0. The Morgan fingerprint density at radius 2 is 2.04 bits per heavy atom. The number of amides is 1. The Morgan fingerprint density at radius 1 is 1.19 bits per heavy atom. The van der Waals surface area contributed by atoms with Crippen molar-refractivity contribution in [3.8, 4) is 0 Å². The molecule has 2 saturated carbocycles. The SMILES string of the molecule is Cn1c(CN2CCCC2c2nc(C(=O)NC3CC3)no2)nnc1C1CCC1. The second-order valence-corrected chi connectivity index (χ2v) is 7.99. The van der Waals surface area contributed by atoms with Gasteiger partial charge in [0.25, 0.3) is 11.7 Å². The van der Waals surface area contributed by atoms with Crippen molar-refractivity contribution in [2.75, 3.05) is 6.54 Å². The lowest BCUT2D eigenvalue weighted by Gasteiger charge is -2.25. The molecule has 2 aliphatic carbocycles. The molecule has 2 aromatic rings. The molecule has 0 radical (unpaired) electrons. The van der Waals surface area contributed by atoms with Gasteiger partial charge in [-0.25, -0.2) is 0 Å². The van der Waals surface area contributed by atoms with Crippen molar-refractivity contribution < 1.29 is 9.32 Å². The van der Waals surface area contributed by atoms with Gasteiger partial charge in [-0.05, 0) is 45.1 Å². The van der Waals surface area contributed by atoms with E-state index in [1.807, 2.05) is 0 Å². The van der Waals surface area contributed by atoms with Gasteiger partial charge in [-0.1, -0.05) is 11.6 Å². The molecule has 1 N–H and O–H groups in total. The number of carbonyl (C=O) groups is 1. The number of hydrogen-bond acceptors (Lipinski definition) is 7. The van der Waals surface area contributed by atoms with E-state index in [2.05, 4.69) is 42.2 Å². The Hall–Kier alpha value is -2.29. The van der Waals surface area contributed by atoms with Gasteiger partial charge in [0.15, 0.2) is 0 Å². The standard InChI is InChI=1S/C18H25N7O2/c1-24-14(21-22-16(24)11-4-2-5-11)10-25-9-3-6-13(25)18-20-15(23-27-18)17(26)19-12-7-8-12/h11-13H,2-10H2,1H3,(H,19,26). The lowest BCUT2D eigenvalue weighted by Crippen LogP contribution is -2.27. The number of nitrogens with one attached hydrogen (secondary N) is 1. The van der Waals surface area contributed by atoms with Gasteiger partial charge in [0.1, 0.15) is 11.6 Å². The first-order valence-electron chi connectivity index (χ1n) is 9.95. The summed E-state index contributed by atoms with van der Waals surface area (Å²) < 4.78 is 7.57. The summed E-state index contributed by atoms with van der Waals surface area (Å²) in [5.74, 6) is 3.05. The molecule has 1 aliphatic heterocycles. The van der Waals surface area contributed by atoms with Crippen LogP contribution >= 0.6 is 0 Å². The van der Waals surface area contributed by atoms with Crippen LogP contribution in [0.2, 0.25) is 0 Å². The summed E-state index contributed by atoms with van der Waals surface area (Å²) in [6.07, 6.45) is 7.79. The molecule has 27 heavy (non-hydrogen) atoms. The summed E-state index contributed by atoms with van der Waals surface area (Å²) in [7, 11) is 2.06. The smallest absolute Gasteiger partial charge is 0.292 e. The van der Waals surface area contributed by atoms with Crippen LogP contribution < -0.4 is 5.32 Å². The molecule has 0 spiro atoms. The molecular weight excluding hydrogens is 346 g/mol. The first kappa shape index (κ1) is 16.9. The van der Waals surface area contributed by atoms with Crippen molar-refractivity contribution in [1.29, 1.82) is 0 Å². The Morgan fingerprint density at radius 3 is 2.78 bits per heavy atom. The lowest BCUT2D eigenvalue weighted by atomic mass is 9.85. The van der Waals surface area contributed by atoms with Gasteiger partial charge in [0, 0.05) is 19.0 Å². The summed E-state index contributed by atoms with van der Waals surface area (Å²) in [5, 5.41) is 15.6. The van der Waals surface area contributed by atoms with Crippen LogP contribution in [0.4, 0.5) is 0 Å². The summed E-state index contributed by atoms with van der Waals surface area (Å²) >= 11 is 0. The van der Waals surface area contributed by atoms with Crippen molar-refractivity contribution in [1.82, 2.24) is 35.1 Å². The van der Waals surface area contributed by atoms with E-state index in [9.17, 15) is 4.79 Å². The number of carbonyl (C=O) groups excluding carboxylic acids is 1. The first-order chi connectivity index (χ1) is 13.2. The van der Waals surface area contributed by atoms with Crippen LogP contribution in [0.1, 0.15) is 85.1 Å². The van der Waals surface area contributed by atoms with Crippen LogP contribution in [-0.4, -0.2) is 48.3 Å². The predicted molar refractivity (Wildman–Crippen MR) is 94.8 cm³/mol. The molecule has 0 bridgehead atoms. The second kappa shape index (κ2) is 6.70. The summed E-state index contributed by atoms with van der Waals surface area (Å²) in [6, 6.07) is 0.312. The van der Waals surface area contributed by atoms with Crippen molar-refractivity contribution in [2.45, 2.75) is 69.5 Å². The largest absolute Gasteiger partial charge is 0.346 e. The zero-order chi connectivity index (χ0) is 18.4. The molecule has 9 heteroatoms. The molecular formula is C18H25N7O2. The fraction of sp³-hybridized carbons (Fsp3) is 0.722. The molecule has 1 saturated heterocycles. The van der Waals surface area contributed by atoms with Crippen molar-refractivity contribution in [3.05, 3.63) is 23.4 Å². The monoisotopic (exact) mass is 371 g/mol. The van der Waals surface area contributed by atoms with E-state index in [0.29, 0.717) is 18.4 Å². The Kier molecular flexibility index (Phi) is 4.18. The Balaban J connectivity index is 1.28. The van der Waals surface area contributed by atoms with Gasteiger partial charge >= 0.3 is 0 Å². The van der Waals surface area contributed by atoms with Crippen molar-refractivity contribution in [3.63, 3.8) is 0 Å². The van der Waals surface area contributed by atoms with Crippen LogP contribution in [0.5, 0.6) is 0 Å². The summed E-state index contributed by atoms with van der Waals surface area (Å²) in [6.45, 7) is 1.65. The van der Waals surface area contributed by atoms with Gasteiger partial charge in [-0.15, -0.1) is 10.2 Å². The van der Waals surface area contributed by atoms with Gasteiger partial charge in [-0.2, -0.15) is 4.98 Å². The van der Waals surface area contributed by atoms with E-state index in [4.69, 9.17) is 4.52 Å². The molecule has 144 valence electrons. The van der Waals surface area contributed by atoms with Crippen LogP contribution in [-0.2, 0) is 13.6 Å². The summed E-state index contributed by atoms with van der Waals surface area (Å²) in [4.78, 5) is 18.8. The van der Waals surface area contributed by atoms with Crippen molar-refractivity contribution in [2.24, 2.45) is 7.05 Å². The van der Waals surface area contributed by atoms with E-state index in [1.165, 1.54) is 19.3 Å². The molecule has 3 aliphatic rings. The van der Waals surface area contributed by atoms with E-state index in [0.717, 1.165) is 43.9 Å². The molecule has 9 nitrogen and oxygen atoms in total. The molecule has 2 aromatic heterocycles. The van der Waals surface area contributed by atoms with E-state index in [-0.39, 0.29) is 23.8 Å². The van der Waals surface area contributed by atoms with E-state index >= 15 is 0 Å². The van der Waals surface area contributed by atoms with Gasteiger partial charge in [0.2, 0.25) is 5.89 Å². The minimum Gasteiger partial charge on any atom is -0.346 e. The van der Waals surface area contributed by atoms with Gasteiger partial charge in [-0.3, -0.25) is 9.69 Å². The third-order valence-electron chi connectivity index (χ3n) is 6.02. The number of likely N-dealkylation sites (tertiary alicyclic amines) is 1. The fourth-order valence-electron chi connectivity index (χ4n) is 3.95. The quantitative estimate of drug-likeness (QED) is 0.824. The number of aromatic nitrogens is 5. The number of hydrogen-bond donors (Lipinski definition) is 1. The lowest BCUT2D eigenvalue weighted by molar-refractivity contribution is 0.0937. The molecule has 0 aromatic carbocycles. The van der Waals surface area contributed by atoms with Gasteiger partial charge < -0.3 is 14.4 Å². The average molecular weight is 371 g/mol. The molecule has 1 unspecified atom stereocenters. The highest BCUT2D eigenvalue weighted by Gasteiger charge is 2.34. The zero-order valence-corrected chi connectivity index (χ0v) is 15.6. The highest BCUT2D eigenvalue weighted by Crippen LogP contribution is 2.36. The topological polar surface area (TPSA) is 102 Å². The van der Waals surface area contributed by atoms with Crippen molar-refractivity contribution >= 4 is 5.91 Å². The average Bonchev–Trinajstić information content (AvgIpc) is 3.00. The number of rotatable bonds is 6. The van der Waals surface area contributed by atoms with Crippen LogP contribution in [0.25, 0.3) is 0 Å². The molecule has 1 atom stereocenters. The highest BCUT2D eigenvalue weighted by molar-refractivity contribution is 5.90. The second-order valence-electron chi connectivity index (χ2n) is 7.99. The Labute approximate surface area is 157 Å². The molecule has 3 heterocycles. The molecule has 1 amide bonds. The molecule has 5 rings (SSSR count). The van der Waals surface area contributed by atoms with E-state index in [1.54, 1.807) is 0 Å². The maximum absolute atomic E-state index is 12.1. The normalized spacial score (nSPS) is 23.5. The minimum absolute atomic E-state index is 0.0313.